The molecule has 2 saturated heterocycles. The summed E-state index contributed by atoms with van der Waals surface area (Å²) in [6.45, 7) is 20.1. The molecule has 0 aliphatic carbocycles. The monoisotopic (exact) mass is 467 g/mol. The first-order valence-corrected chi connectivity index (χ1v) is 13.3. The number of rotatable bonds is 4. The van der Waals surface area contributed by atoms with Crippen molar-refractivity contribution in [2.24, 2.45) is 15.8 Å². The van der Waals surface area contributed by atoms with E-state index in [9.17, 15) is 4.79 Å². The fourth-order valence-electron chi connectivity index (χ4n) is 5.43. The van der Waals surface area contributed by atoms with Crippen LogP contribution in [0.3, 0.4) is 0 Å². The van der Waals surface area contributed by atoms with E-state index >= 15 is 0 Å². The number of aliphatic imine (C=N–C) groups is 1. The SMILES string of the molecule is COC(=O)C1CCCN1C1CC2=C(C(C)(C)C)C(C(C)(C)C)N=C(C(C)(C)SS)N2C1. The Morgan fingerprint density at radius 3 is 2.32 bits per heavy atom. The first kappa shape index (κ1) is 25.0. The minimum atomic E-state index is -0.205. The van der Waals surface area contributed by atoms with E-state index in [1.165, 1.54) is 18.4 Å². The zero-order chi connectivity index (χ0) is 23.4. The van der Waals surface area contributed by atoms with Crippen molar-refractivity contribution in [3.63, 3.8) is 0 Å². The van der Waals surface area contributed by atoms with Crippen molar-refractivity contribution in [2.45, 2.75) is 97.5 Å². The molecule has 0 amide bonds. The lowest BCUT2D eigenvalue weighted by Crippen LogP contribution is -2.50. The summed E-state index contributed by atoms with van der Waals surface area (Å²) in [6.07, 6.45) is 2.89. The van der Waals surface area contributed by atoms with E-state index < -0.39 is 0 Å². The van der Waals surface area contributed by atoms with Gasteiger partial charge < -0.3 is 9.64 Å². The van der Waals surface area contributed by atoms with Crippen molar-refractivity contribution in [1.29, 1.82) is 0 Å². The molecule has 2 fully saturated rings. The Kier molecular flexibility index (Phi) is 6.93. The van der Waals surface area contributed by atoms with Crippen LogP contribution in [0.1, 0.15) is 74.7 Å². The number of hydrogen-bond acceptors (Lipinski definition) is 7. The molecule has 3 rings (SSSR count). The van der Waals surface area contributed by atoms with Crippen LogP contribution >= 0.6 is 22.5 Å². The number of likely N-dealkylation sites (tertiary alicyclic amines) is 1. The summed E-state index contributed by atoms with van der Waals surface area (Å²) in [5.41, 5.74) is 2.89. The molecule has 0 spiro atoms. The summed E-state index contributed by atoms with van der Waals surface area (Å²) in [5.74, 6) is 1.02. The predicted octanol–water partition coefficient (Wildman–Crippen LogP) is 5.18. The van der Waals surface area contributed by atoms with E-state index in [-0.39, 0.29) is 33.6 Å². The Labute approximate surface area is 198 Å². The number of fused-ring (bicyclic) bond motifs is 1. The van der Waals surface area contributed by atoms with E-state index in [0.717, 1.165) is 38.2 Å². The maximum absolute atomic E-state index is 12.4. The summed E-state index contributed by atoms with van der Waals surface area (Å²) < 4.78 is 4.92. The molecule has 0 aromatic rings. The highest BCUT2D eigenvalue weighted by Gasteiger charge is 2.49. The van der Waals surface area contributed by atoms with E-state index in [2.05, 4.69) is 76.9 Å². The van der Waals surface area contributed by atoms with Gasteiger partial charge in [0.05, 0.1) is 17.9 Å². The second-order valence-electron chi connectivity index (χ2n) is 11.8. The van der Waals surface area contributed by atoms with Crippen molar-refractivity contribution in [3.05, 3.63) is 11.3 Å². The lowest BCUT2D eigenvalue weighted by atomic mass is 9.71. The van der Waals surface area contributed by atoms with Gasteiger partial charge in [0.1, 0.15) is 11.9 Å². The average Bonchev–Trinajstić information content (AvgIpc) is 3.30. The van der Waals surface area contributed by atoms with Crippen LogP contribution in [0.15, 0.2) is 16.3 Å². The lowest BCUT2D eigenvalue weighted by Gasteiger charge is -2.46. The van der Waals surface area contributed by atoms with Crippen molar-refractivity contribution in [3.8, 4) is 0 Å². The lowest BCUT2D eigenvalue weighted by molar-refractivity contribution is -0.146. The molecule has 0 bridgehead atoms. The molecule has 3 aliphatic heterocycles. The second-order valence-corrected chi connectivity index (χ2v) is 13.6. The van der Waals surface area contributed by atoms with Gasteiger partial charge in [-0.15, -0.1) is 11.7 Å². The van der Waals surface area contributed by atoms with Gasteiger partial charge in [-0.2, -0.15) is 0 Å². The number of esters is 1. The number of nitrogens with zero attached hydrogens (tertiary/aromatic N) is 3. The van der Waals surface area contributed by atoms with Gasteiger partial charge in [-0.1, -0.05) is 52.3 Å². The molecule has 3 aliphatic rings. The fraction of sp³-hybridized carbons (Fsp3) is 0.833. The van der Waals surface area contributed by atoms with E-state index in [1.807, 2.05) is 0 Å². The highest BCUT2D eigenvalue weighted by Crippen LogP contribution is 2.49. The molecule has 31 heavy (non-hydrogen) atoms. The zero-order valence-corrected chi connectivity index (χ0v) is 22.5. The maximum Gasteiger partial charge on any atom is 0.323 e. The van der Waals surface area contributed by atoms with Crippen LogP contribution in [0.25, 0.3) is 0 Å². The predicted molar refractivity (Wildman–Crippen MR) is 135 cm³/mol. The highest BCUT2D eigenvalue weighted by molar-refractivity contribution is 8.69. The molecule has 0 N–H and O–H groups in total. The first-order chi connectivity index (χ1) is 14.2. The summed E-state index contributed by atoms with van der Waals surface area (Å²) >= 11 is 4.61. The molecule has 3 atom stereocenters. The van der Waals surface area contributed by atoms with Crippen molar-refractivity contribution in [1.82, 2.24) is 9.80 Å². The Balaban J connectivity index is 2.10. The number of amidine groups is 1. The molecule has 176 valence electrons. The van der Waals surface area contributed by atoms with Gasteiger partial charge >= 0.3 is 5.97 Å². The average molecular weight is 468 g/mol. The van der Waals surface area contributed by atoms with Crippen LogP contribution in [0.2, 0.25) is 0 Å². The highest BCUT2D eigenvalue weighted by atomic mass is 33.1. The third kappa shape index (κ3) is 4.70. The van der Waals surface area contributed by atoms with Crippen LogP contribution in [0, 0.1) is 10.8 Å². The van der Waals surface area contributed by atoms with Crippen LogP contribution in [0.4, 0.5) is 0 Å². The standard InChI is InChI=1S/C24H41N3O2S2/c1-22(2,3)18-17-13-15(26-12-10-11-16(26)20(28)29-9)14-27(17)21(24(7,8)31-30)25-19(18)23(4,5)6/h15-16,19,30H,10-14H2,1-9H3. The van der Waals surface area contributed by atoms with Gasteiger partial charge in [0, 0.05) is 24.7 Å². The maximum atomic E-state index is 12.4. The smallest absolute Gasteiger partial charge is 0.323 e. The van der Waals surface area contributed by atoms with Gasteiger partial charge in [0.15, 0.2) is 0 Å². The van der Waals surface area contributed by atoms with E-state index in [1.54, 1.807) is 10.8 Å². The molecule has 0 saturated carbocycles. The van der Waals surface area contributed by atoms with Crippen LogP contribution < -0.4 is 0 Å². The molecule has 0 aromatic carbocycles. The molecule has 7 heteroatoms. The topological polar surface area (TPSA) is 45.1 Å². The van der Waals surface area contributed by atoms with Crippen LogP contribution in [-0.2, 0) is 9.53 Å². The van der Waals surface area contributed by atoms with Gasteiger partial charge in [-0.25, -0.2) is 0 Å². The Morgan fingerprint density at radius 2 is 1.81 bits per heavy atom. The van der Waals surface area contributed by atoms with E-state index in [0.29, 0.717) is 6.04 Å². The minimum Gasteiger partial charge on any atom is -0.468 e. The molecule has 0 radical (unpaired) electrons. The number of methoxy groups -OCH3 is 1. The number of hydrogen-bond donors (Lipinski definition) is 1. The number of thiol groups is 1. The molecule has 5 nitrogen and oxygen atoms in total. The fourth-order valence-corrected chi connectivity index (χ4v) is 5.92. The van der Waals surface area contributed by atoms with Gasteiger partial charge in [0.2, 0.25) is 0 Å². The molecule has 3 heterocycles. The van der Waals surface area contributed by atoms with Gasteiger partial charge in [-0.3, -0.25) is 14.7 Å². The van der Waals surface area contributed by atoms with Gasteiger partial charge in [0.25, 0.3) is 0 Å². The Hall–Kier alpha value is -0.660. The summed E-state index contributed by atoms with van der Waals surface area (Å²) in [4.78, 5) is 22.7. The third-order valence-corrected chi connectivity index (χ3v) is 8.88. The molecular weight excluding hydrogens is 426 g/mol. The Morgan fingerprint density at radius 1 is 1.16 bits per heavy atom. The van der Waals surface area contributed by atoms with Crippen molar-refractivity contribution in [2.75, 3.05) is 20.2 Å². The van der Waals surface area contributed by atoms with Crippen molar-refractivity contribution >= 4 is 34.3 Å². The molecule has 0 aromatic heterocycles. The zero-order valence-electron chi connectivity index (χ0n) is 20.8. The second kappa shape index (κ2) is 8.60. The first-order valence-electron chi connectivity index (χ1n) is 11.5. The Bertz CT molecular complexity index is 777. The number of ether oxygens (including phenoxy) is 1. The van der Waals surface area contributed by atoms with Crippen LogP contribution in [-0.4, -0.2) is 64.7 Å². The van der Waals surface area contributed by atoms with Gasteiger partial charge in [-0.05, 0) is 49.6 Å². The normalized spacial score (nSPS) is 28.1. The summed E-state index contributed by atoms with van der Waals surface area (Å²) in [6, 6.07) is 0.298. The minimum absolute atomic E-state index is 0.0143. The summed E-state index contributed by atoms with van der Waals surface area (Å²) in [7, 11) is 3.06. The quantitative estimate of drug-likeness (QED) is 0.351. The third-order valence-electron chi connectivity index (χ3n) is 6.87. The number of carbonyl (C=O) groups excluding carboxylic acids is 1. The van der Waals surface area contributed by atoms with E-state index in [4.69, 9.17) is 9.73 Å². The van der Waals surface area contributed by atoms with Crippen LogP contribution in [0.5, 0.6) is 0 Å². The van der Waals surface area contributed by atoms with Crippen molar-refractivity contribution < 1.29 is 9.53 Å². The molecule has 3 unspecified atom stereocenters. The molecular formula is C24H41N3O2S2. The largest absolute Gasteiger partial charge is 0.468 e. The summed E-state index contributed by atoms with van der Waals surface area (Å²) in [5, 5.41) is 0. The number of carbonyl (C=O) groups is 1.